The SMILES string of the molecule is CCCCCC(C)NC(=O)CCc1ncc(-c2ccc(F)cc2F)o1. The van der Waals surface area contributed by atoms with Gasteiger partial charge in [-0.25, -0.2) is 13.8 Å². The van der Waals surface area contributed by atoms with E-state index < -0.39 is 11.6 Å². The minimum atomic E-state index is -0.707. The summed E-state index contributed by atoms with van der Waals surface area (Å²) in [5.74, 6) is -0.836. The van der Waals surface area contributed by atoms with E-state index in [1.807, 2.05) is 6.92 Å². The van der Waals surface area contributed by atoms with Crippen LogP contribution >= 0.6 is 0 Å². The topological polar surface area (TPSA) is 55.1 Å². The number of carbonyl (C=O) groups is 1. The van der Waals surface area contributed by atoms with Crippen LogP contribution in [0.2, 0.25) is 0 Å². The second kappa shape index (κ2) is 9.30. The molecular formula is C19H24F2N2O2. The van der Waals surface area contributed by atoms with Gasteiger partial charge < -0.3 is 9.73 Å². The molecule has 1 unspecified atom stereocenters. The van der Waals surface area contributed by atoms with Gasteiger partial charge in [0.25, 0.3) is 0 Å². The average molecular weight is 350 g/mol. The van der Waals surface area contributed by atoms with Crippen molar-refractivity contribution in [1.82, 2.24) is 10.3 Å². The summed E-state index contributed by atoms with van der Waals surface area (Å²) in [6, 6.07) is 3.41. The molecule has 1 atom stereocenters. The van der Waals surface area contributed by atoms with E-state index in [1.54, 1.807) is 0 Å². The summed E-state index contributed by atoms with van der Waals surface area (Å²) in [4.78, 5) is 16.0. The number of oxazole rings is 1. The van der Waals surface area contributed by atoms with Gasteiger partial charge >= 0.3 is 0 Å². The zero-order valence-corrected chi connectivity index (χ0v) is 14.6. The van der Waals surface area contributed by atoms with Crippen molar-refractivity contribution in [2.24, 2.45) is 0 Å². The Hall–Kier alpha value is -2.24. The number of halogens is 2. The molecular weight excluding hydrogens is 326 g/mol. The molecule has 0 aliphatic heterocycles. The molecule has 6 heteroatoms. The smallest absolute Gasteiger partial charge is 0.220 e. The maximum absolute atomic E-state index is 13.7. The molecule has 0 aliphatic carbocycles. The molecule has 0 spiro atoms. The Morgan fingerprint density at radius 2 is 2.12 bits per heavy atom. The fourth-order valence-electron chi connectivity index (χ4n) is 2.58. The van der Waals surface area contributed by atoms with Crippen molar-refractivity contribution in [3.63, 3.8) is 0 Å². The third-order valence-corrected chi connectivity index (χ3v) is 3.96. The Morgan fingerprint density at radius 1 is 1.32 bits per heavy atom. The lowest BCUT2D eigenvalue weighted by atomic mass is 10.1. The molecule has 0 radical (unpaired) electrons. The number of benzene rings is 1. The fraction of sp³-hybridized carbons (Fsp3) is 0.474. The van der Waals surface area contributed by atoms with Gasteiger partial charge in [-0.1, -0.05) is 26.2 Å². The first-order chi connectivity index (χ1) is 12.0. The number of unbranched alkanes of at least 4 members (excludes halogenated alkanes) is 2. The number of nitrogens with one attached hydrogen (secondary N) is 1. The highest BCUT2D eigenvalue weighted by molar-refractivity contribution is 5.76. The number of carbonyl (C=O) groups excluding carboxylic acids is 1. The van der Waals surface area contributed by atoms with Gasteiger partial charge in [-0.3, -0.25) is 4.79 Å². The molecule has 0 saturated carbocycles. The van der Waals surface area contributed by atoms with E-state index in [2.05, 4.69) is 17.2 Å². The van der Waals surface area contributed by atoms with Gasteiger partial charge in [0, 0.05) is 24.9 Å². The van der Waals surface area contributed by atoms with E-state index in [1.165, 1.54) is 18.7 Å². The van der Waals surface area contributed by atoms with Crippen LogP contribution < -0.4 is 5.32 Å². The Labute approximate surface area is 146 Å². The van der Waals surface area contributed by atoms with Gasteiger partial charge in [0.15, 0.2) is 11.7 Å². The average Bonchev–Trinajstić information content (AvgIpc) is 3.02. The van der Waals surface area contributed by atoms with Crippen molar-refractivity contribution in [2.45, 2.75) is 58.4 Å². The monoisotopic (exact) mass is 350 g/mol. The van der Waals surface area contributed by atoms with E-state index in [9.17, 15) is 13.6 Å². The fourth-order valence-corrected chi connectivity index (χ4v) is 2.58. The lowest BCUT2D eigenvalue weighted by Crippen LogP contribution is -2.32. The number of hydrogen-bond acceptors (Lipinski definition) is 3. The first kappa shape index (κ1) is 19.1. The Balaban J connectivity index is 1.84. The Kier molecular flexibility index (Phi) is 7.10. The van der Waals surface area contributed by atoms with Crippen molar-refractivity contribution in [3.8, 4) is 11.3 Å². The molecule has 0 saturated heterocycles. The van der Waals surface area contributed by atoms with Gasteiger partial charge in [-0.15, -0.1) is 0 Å². The molecule has 1 amide bonds. The molecule has 0 bridgehead atoms. The molecule has 2 rings (SSSR count). The summed E-state index contributed by atoms with van der Waals surface area (Å²) in [5, 5.41) is 2.95. The standard InChI is InChI=1S/C19H24F2N2O2/c1-3-4-5-6-13(2)23-18(24)9-10-19-22-12-17(25-19)15-8-7-14(20)11-16(15)21/h7-8,11-13H,3-6,9-10H2,1-2H3,(H,23,24). The van der Waals surface area contributed by atoms with Gasteiger partial charge in [0.1, 0.15) is 11.6 Å². The van der Waals surface area contributed by atoms with E-state index in [-0.39, 0.29) is 29.7 Å². The van der Waals surface area contributed by atoms with Gasteiger partial charge in [-0.2, -0.15) is 0 Å². The van der Waals surface area contributed by atoms with Crippen LogP contribution in [-0.2, 0) is 11.2 Å². The van der Waals surface area contributed by atoms with Crippen LogP contribution in [0, 0.1) is 11.6 Å². The molecule has 1 heterocycles. The zero-order chi connectivity index (χ0) is 18.2. The zero-order valence-electron chi connectivity index (χ0n) is 14.6. The first-order valence-electron chi connectivity index (χ1n) is 8.69. The maximum atomic E-state index is 13.7. The van der Waals surface area contributed by atoms with Crippen molar-refractivity contribution in [2.75, 3.05) is 0 Å². The second-order valence-electron chi connectivity index (χ2n) is 6.21. The van der Waals surface area contributed by atoms with Crippen molar-refractivity contribution in [1.29, 1.82) is 0 Å². The Morgan fingerprint density at radius 3 is 2.84 bits per heavy atom. The quantitative estimate of drug-likeness (QED) is 0.671. The van der Waals surface area contributed by atoms with Crippen LogP contribution in [0.1, 0.15) is 51.8 Å². The number of amides is 1. The van der Waals surface area contributed by atoms with Crippen LogP contribution in [0.3, 0.4) is 0 Å². The van der Waals surface area contributed by atoms with Crippen molar-refractivity contribution in [3.05, 3.63) is 41.9 Å². The Bertz CT molecular complexity index is 700. The largest absolute Gasteiger partial charge is 0.441 e. The summed E-state index contributed by atoms with van der Waals surface area (Å²) >= 11 is 0. The molecule has 25 heavy (non-hydrogen) atoms. The van der Waals surface area contributed by atoms with Crippen molar-refractivity contribution >= 4 is 5.91 Å². The van der Waals surface area contributed by atoms with Crippen LogP contribution in [-0.4, -0.2) is 16.9 Å². The first-order valence-corrected chi connectivity index (χ1v) is 8.69. The van der Waals surface area contributed by atoms with E-state index in [0.717, 1.165) is 31.4 Å². The summed E-state index contributed by atoms with van der Waals surface area (Å²) < 4.78 is 32.2. The second-order valence-corrected chi connectivity index (χ2v) is 6.21. The van der Waals surface area contributed by atoms with E-state index in [4.69, 9.17) is 4.42 Å². The third-order valence-electron chi connectivity index (χ3n) is 3.96. The molecule has 4 nitrogen and oxygen atoms in total. The molecule has 0 fully saturated rings. The number of aromatic nitrogens is 1. The number of nitrogens with zero attached hydrogens (tertiary/aromatic N) is 1. The lowest BCUT2D eigenvalue weighted by Gasteiger charge is -2.13. The molecule has 1 N–H and O–H groups in total. The molecule has 2 aromatic rings. The highest BCUT2D eigenvalue weighted by Crippen LogP contribution is 2.24. The minimum Gasteiger partial charge on any atom is -0.441 e. The molecule has 1 aromatic heterocycles. The van der Waals surface area contributed by atoms with E-state index in [0.29, 0.717) is 12.3 Å². The van der Waals surface area contributed by atoms with Gasteiger partial charge in [0.2, 0.25) is 5.91 Å². The summed E-state index contributed by atoms with van der Waals surface area (Å²) in [6.45, 7) is 4.14. The van der Waals surface area contributed by atoms with E-state index >= 15 is 0 Å². The minimum absolute atomic E-state index is 0.0586. The van der Waals surface area contributed by atoms with Crippen molar-refractivity contribution < 1.29 is 18.0 Å². The predicted octanol–water partition coefficient (Wildman–Crippen LogP) is 4.64. The summed E-state index contributed by atoms with van der Waals surface area (Å²) in [6.07, 6.45) is 6.36. The highest BCUT2D eigenvalue weighted by atomic mass is 19.1. The highest BCUT2D eigenvalue weighted by Gasteiger charge is 2.13. The van der Waals surface area contributed by atoms with Gasteiger partial charge in [-0.05, 0) is 25.5 Å². The van der Waals surface area contributed by atoms with Crippen LogP contribution in [0.4, 0.5) is 8.78 Å². The normalized spacial score (nSPS) is 12.2. The van der Waals surface area contributed by atoms with Crippen LogP contribution in [0.5, 0.6) is 0 Å². The number of aryl methyl sites for hydroxylation is 1. The maximum Gasteiger partial charge on any atom is 0.220 e. The summed E-state index contributed by atoms with van der Waals surface area (Å²) in [5.41, 5.74) is 0.147. The molecule has 1 aromatic carbocycles. The molecule has 136 valence electrons. The predicted molar refractivity (Wildman–Crippen MR) is 91.9 cm³/mol. The van der Waals surface area contributed by atoms with Gasteiger partial charge in [0.05, 0.1) is 11.8 Å². The lowest BCUT2D eigenvalue weighted by molar-refractivity contribution is -0.121. The molecule has 0 aliphatic rings. The van der Waals surface area contributed by atoms with Crippen LogP contribution in [0.15, 0.2) is 28.8 Å². The summed E-state index contributed by atoms with van der Waals surface area (Å²) in [7, 11) is 0. The number of rotatable bonds is 9. The third kappa shape index (κ3) is 5.96. The number of hydrogen-bond donors (Lipinski definition) is 1. The van der Waals surface area contributed by atoms with Crippen LogP contribution in [0.25, 0.3) is 11.3 Å².